The van der Waals surface area contributed by atoms with Crippen molar-refractivity contribution in [1.82, 2.24) is 10.2 Å². The number of carbonyl (C=O) groups is 2. The molecule has 4 unspecified atom stereocenters. The van der Waals surface area contributed by atoms with Crippen LogP contribution in [0.3, 0.4) is 0 Å². The Kier molecular flexibility index (Phi) is 13.1. The molecule has 4 atom stereocenters. The Morgan fingerprint density at radius 3 is 2.31 bits per heavy atom. The van der Waals surface area contributed by atoms with E-state index in [9.17, 15) is 19.8 Å². The molecule has 2 amide bonds. The van der Waals surface area contributed by atoms with Crippen molar-refractivity contribution in [2.75, 3.05) is 30.7 Å². The summed E-state index contributed by atoms with van der Waals surface area (Å²) in [5.41, 5.74) is 12.9. The molecule has 4 aromatic carbocycles. The van der Waals surface area contributed by atoms with E-state index in [2.05, 4.69) is 39.8 Å². The van der Waals surface area contributed by atoms with E-state index < -0.39 is 6.29 Å². The summed E-state index contributed by atoms with van der Waals surface area (Å²) in [4.78, 5) is 27.1. The number of aliphatic hydroxyl groups is 2. The lowest BCUT2D eigenvalue weighted by Gasteiger charge is -2.38. The topological polar surface area (TPSA) is 146 Å². The van der Waals surface area contributed by atoms with Gasteiger partial charge in [-0.1, -0.05) is 78.9 Å². The maximum atomic E-state index is 12.6. The maximum absolute atomic E-state index is 12.6. The number of rotatable bonds is 15. The second-order valence-electron chi connectivity index (χ2n) is 13.8. The largest absolute Gasteiger partial charge is 0.397 e. The fraction of sp³-hybridized carbons (Fsp3) is 0.381. The number of anilines is 2. The number of hydrogen-bond donors (Lipinski definition) is 5. The zero-order valence-corrected chi connectivity index (χ0v) is 29.6. The molecule has 52 heavy (non-hydrogen) atoms. The van der Waals surface area contributed by atoms with Gasteiger partial charge in [-0.3, -0.25) is 14.5 Å². The Labute approximate surface area is 305 Å². The van der Waals surface area contributed by atoms with Crippen LogP contribution in [0.25, 0.3) is 11.1 Å². The van der Waals surface area contributed by atoms with Gasteiger partial charge in [-0.25, -0.2) is 0 Å². The monoisotopic (exact) mass is 706 g/mol. The van der Waals surface area contributed by atoms with Crippen molar-refractivity contribution in [2.45, 2.75) is 82.6 Å². The molecule has 0 bridgehead atoms. The maximum Gasteiger partial charge on any atom is 0.224 e. The molecule has 2 aliphatic rings. The highest BCUT2D eigenvalue weighted by Gasteiger charge is 2.35. The molecule has 274 valence electrons. The minimum Gasteiger partial charge on any atom is -0.397 e. The predicted molar refractivity (Wildman–Crippen MR) is 202 cm³/mol. The zero-order chi connectivity index (χ0) is 36.3. The third kappa shape index (κ3) is 10.1. The van der Waals surface area contributed by atoms with Gasteiger partial charge < -0.3 is 36.1 Å². The summed E-state index contributed by atoms with van der Waals surface area (Å²) in [5.74, 6) is -0.164. The van der Waals surface area contributed by atoms with Gasteiger partial charge in [-0.2, -0.15) is 0 Å². The highest BCUT2D eigenvalue weighted by atomic mass is 16.7. The predicted octanol–water partition coefficient (Wildman–Crippen LogP) is 6.25. The van der Waals surface area contributed by atoms with Crippen LogP contribution in [0, 0.1) is 0 Å². The molecule has 0 radical (unpaired) electrons. The van der Waals surface area contributed by atoms with Crippen LogP contribution in [0.5, 0.6) is 0 Å². The summed E-state index contributed by atoms with van der Waals surface area (Å²) in [6.07, 6.45) is 3.88. The minimum atomic E-state index is -0.552. The van der Waals surface area contributed by atoms with E-state index in [1.807, 2.05) is 60.7 Å². The number of likely N-dealkylation sites (tertiary alicyclic amines) is 1. The lowest BCUT2D eigenvalue weighted by Crippen LogP contribution is -2.42. The normalized spacial score (nSPS) is 20.4. The third-order valence-corrected chi connectivity index (χ3v) is 9.99. The molecule has 10 nitrogen and oxygen atoms in total. The SMILES string of the molecule is Nc1ccccc1NC(=O)CCCCC(=O)NCc1cccc(-c2ccc(C3OC(CN4CCCC4CO)CC(c4ccc(CO)cc4)O3)cc2)c1. The van der Waals surface area contributed by atoms with E-state index in [0.717, 1.165) is 59.3 Å². The average Bonchev–Trinajstić information content (AvgIpc) is 3.63. The molecule has 0 aromatic heterocycles. The first-order valence-electron chi connectivity index (χ1n) is 18.3. The van der Waals surface area contributed by atoms with Gasteiger partial charge in [0.05, 0.1) is 36.8 Å². The molecule has 2 fully saturated rings. The molecule has 2 saturated heterocycles. The number of nitrogens with one attached hydrogen (secondary N) is 2. The van der Waals surface area contributed by atoms with Crippen LogP contribution >= 0.6 is 0 Å². The van der Waals surface area contributed by atoms with E-state index in [1.54, 1.807) is 12.1 Å². The van der Waals surface area contributed by atoms with Gasteiger partial charge in [0.15, 0.2) is 6.29 Å². The number of ether oxygens (including phenoxy) is 2. The van der Waals surface area contributed by atoms with Crippen LogP contribution in [0.4, 0.5) is 11.4 Å². The van der Waals surface area contributed by atoms with E-state index in [4.69, 9.17) is 15.2 Å². The number of amides is 2. The number of nitrogens with two attached hydrogens (primary N) is 1. The summed E-state index contributed by atoms with van der Waals surface area (Å²) in [7, 11) is 0. The molecule has 0 saturated carbocycles. The number of unbranched alkanes of at least 4 members (excludes halogenated alkanes) is 1. The molecular formula is C42H50N4O6. The van der Waals surface area contributed by atoms with E-state index in [1.165, 1.54) is 0 Å². The lowest BCUT2D eigenvalue weighted by molar-refractivity contribution is -0.253. The van der Waals surface area contributed by atoms with E-state index >= 15 is 0 Å². The Morgan fingerprint density at radius 2 is 1.56 bits per heavy atom. The van der Waals surface area contributed by atoms with Crippen LogP contribution in [-0.2, 0) is 32.2 Å². The smallest absolute Gasteiger partial charge is 0.224 e. The highest BCUT2D eigenvalue weighted by molar-refractivity contribution is 5.93. The molecule has 0 spiro atoms. The lowest BCUT2D eigenvalue weighted by atomic mass is 9.98. The van der Waals surface area contributed by atoms with E-state index in [-0.39, 0.29) is 43.3 Å². The van der Waals surface area contributed by atoms with Gasteiger partial charge in [0.1, 0.15) is 0 Å². The molecule has 10 heteroatoms. The number of nitrogens with zero attached hydrogens (tertiary/aromatic N) is 1. The molecule has 2 heterocycles. The highest BCUT2D eigenvalue weighted by Crippen LogP contribution is 2.39. The zero-order valence-electron chi connectivity index (χ0n) is 29.6. The molecule has 6 N–H and O–H groups in total. The van der Waals surface area contributed by atoms with E-state index in [0.29, 0.717) is 50.0 Å². The van der Waals surface area contributed by atoms with Gasteiger partial charge in [0.2, 0.25) is 11.8 Å². The standard InChI is InChI=1S/C42H50N4O6/c43-37-10-1-2-11-38(37)45-41(50)13-4-3-12-40(49)44-25-30-7-5-8-34(23-30)31-18-20-33(21-19-31)42-51-36(26-46-22-6-9-35(46)28-48)24-39(52-42)32-16-14-29(27-47)15-17-32/h1-2,5,7-8,10-11,14-21,23,35-36,39,42,47-48H,3-4,6,9,12-13,22,24-28,43H2,(H,44,49)(H,45,50). The summed E-state index contributed by atoms with van der Waals surface area (Å²) >= 11 is 0. The number of nitrogen functional groups attached to an aromatic ring is 1. The molecule has 2 aliphatic heterocycles. The summed E-state index contributed by atoms with van der Waals surface area (Å²) in [6, 6.07) is 31.6. The van der Waals surface area contributed by atoms with Gasteiger partial charge >= 0.3 is 0 Å². The second-order valence-corrected chi connectivity index (χ2v) is 13.8. The van der Waals surface area contributed by atoms with Crippen LogP contribution in [0.2, 0.25) is 0 Å². The number of hydrogen-bond acceptors (Lipinski definition) is 8. The first-order valence-corrected chi connectivity index (χ1v) is 18.3. The first-order chi connectivity index (χ1) is 25.4. The second kappa shape index (κ2) is 18.3. The molecule has 4 aromatic rings. The molecular weight excluding hydrogens is 656 g/mol. The van der Waals surface area contributed by atoms with Crippen molar-refractivity contribution in [2.24, 2.45) is 0 Å². The fourth-order valence-corrected chi connectivity index (χ4v) is 7.01. The van der Waals surface area contributed by atoms with Crippen LogP contribution in [-0.4, -0.2) is 58.8 Å². The van der Waals surface area contributed by atoms with Crippen LogP contribution in [0.1, 0.15) is 79.6 Å². The Hall–Kier alpha value is -4.58. The number of aliphatic hydroxyl groups excluding tert-OH is 2. The first kappa shape index (κ1) is 37.2. The quantitative estimate of drug-likeness (QED) is 0.0721. The van der Waals surface area contributed by atoms with Crippen molar-refractivity contribution >= 4 is 23.2 Å². The molecule has 6 rings (SSSR count). The number of para-hydroxylation sites is 2. The van der Waals surface area contributed by atoms with Gasteiger partial charge in [0.25, 0.3) is 0 Å². The van der Waals surface area contributed by atoms with Crippen molar-refractivity contribution in [1.29, 1.82) is 0 Å². The average molecular weight is 707 g/mol. The van der Waals surface area contributed by atoms with Crippen molar-refractivity contribution in [3.05, 3.63) is 119 Å². The number of carbonyl (C=O) groups excluding carboxylic acids is 2. The van der Waals surface area contributed by atoms with Gasteiger partial charge in [0, 0.05) is 44.0 Å². The molecule has 0 aliphatic carbocycles. The fourth-order valence-electron chi connectivity index (χ4n) is 7.01. The minimum absolute atomic E-state index is 0.00285. The van der Waals surface area contributed by atoms with Crippen molar-refractivity contribution < 1.29 is 29.3 Å². The number of benzene rings is 4. The Bertz CT molecular complexity index is 1770. The van der Waals surface area contributed by atoms with Crippen LogP contribution < -0.4 is 16.4 Å². The Balaban J connectivity index is 1.02. The van der Waals surface area contributed by atoms with Crippen molar-refractivity contribution in [3.8, 4) is 11.1 Å². The summed E-state index contributed by atoms with van der Waals surface area (Å²) in [6.45, 7) is 2.26. The Morgan fingerprint density at radius 1 is 0.808 bits per heavy atom. The van der Waals surface area contributed by atoms with Gasteiger partial charge in [-0.15, -0.1) is 0 Å². The third-order valence-electron chi connectivity index (χ3n) is 9.99. The van der Waals surface area contributed by atoms with Gasteiger partial charge in [-0.05, 0) is 78.2 Å². The summed E-state index contributed by atoms with van der Waals surface area (Å²) in [5, 5.41) is 25.3. The van der Waals surface area contributed by atoms with Crippen LogP contribution in [0.15, 0.2) is 97.1 Å². The van der Waals surface area contributed by atoms with Crippen molar-refractivity contribution in [3.63, 3.8) is 0 Å². The summed E-state index contributed by atoms with van der Waals surface area (Å²) < 4.78 is 13.1.